The van der Waals surface area contributed by atoms with Gasteiger partial charge in [0, 0.05) is 42.7 Å². The van der Waals surface area contributed by atoms with Gasteiger partial charge >= 0.3 is 6.18 Å². The van der Waals surface area contributed by atoms with E-state index in [9.17, 15) is 26.7 Å². The summed E-state index contributed by atoms with van der Waals surface area (Å²) in [6.07, 6.45) is -3.98. The number of amides is 1. The van der Waals surface area contributed by atoms with Gasteiger partial charge in [-0.1, -0.05) is 0 Å². The molecule has 0 aromatic carbocycles. The zero-order valence-corrected chi connectivity index (χ0v) is 13.8. The monoisotopic (exact) mass is 378 g/mol. The Morgan fingerprint density at radius 2 is 1.96 bits per heavy atom. The molecular formula is C17H19F5N2O2. The third-order valence-corrected chi connectivity index (χ3v) is 4.84. The second kappa shape index (κ2) is 6.75. The van der Waals surface area contributed by atoms with E-state index < -0.39 is 48.5 Å². The first kappa shape index (κ1) is 19.0. The summed E-state index contributed by atoms with van der Waals surface area (Å²) in [6, 6.07) is 1.29. The Balaban J connectivity index is 1.78. The number of aliphatic hydroxyl groups is 1. The van der Waals surface area contributed by atoms with E-state index in [2.05, 4.69) is 10.3 Å². The highest BCUT2D eigenvalue weighted by Gasteiger charge is 2.48. The van der Waals surface area contributed by atoms with Crippen LogP contribution in [0.2, 0.25) is 0 Å². The van der Waals surface area contributed by atoms with Crippen molar-refractivity contribution in [1.82, 2.24) is 10.3 Å². The zero-order valence-electron chi connectivity index (χ0n) is 13.8. The maximum absolute atomic E-state index is 13.1. The van der Waals surface area contributed by atoms with Gasteiger partial charge in [0.1, 0.15) is 5.69 Å². The molecule has 2 aliphatic carbocycles. The normalized spacial score (nSPS) is 21.2. The van der Waals surface area contributed by atoms with Crippen LogP contribution >= 0.6 is 0 Å². The van der Waals surface area contributed by atoms with Crippen molar-refractivity contribution in [1.29, 1.82) is 0 Å². The van der Waals surface area contributed by atoms with Gasteiger partial charge in [-0.2, -0.15) is 13.2 Å². The summed E-state index contributed by atoms with van der Waals surface area (Å²) in [5, 5.41) is 11.6. The lowest BCUT2D eigenvalue weighted by Crippen LogP contribution is -2.50. The summed E-state index contributed by atoms with van der Waals surface area (Å²) in [5.41, 5.74) is -1.11. The van der Waals surface area contributed by atoms with Gasteiger partial charge < -0.3 is 10.4 Å². The van der Waals surface area contributed by atoms with E-state index in [1.165, 1.54) is 6.07 Å². The number of aliphatic hydroxyl groups excluding tert-OH is 1. The molecule has 1 unspecified atom stereocenters. The van der Waals surface area contributed by atoms with E-state index in [0.29, 0.717) is 6.07 Å². The van der Waals surface area contributed by atoms with Crippen molar-refractivity contribution in [2.75, 3.05) is 6.61 Å². The number of rotatable bonds is 6. The lowest BCUT2D eigenvalue weighted by Gasteiger charge is -2.40. The lowest BCUT2D eigenvalue weighted by molar-refractivity contribution is -0.141. The number of carbonyl (C=O) groups excluding carboxylic acids is 1. The highest BCUT2D eigenvalue weighted by atomic mass is 19.4. The topological polar surface area (TPSA) is 62.2 Å². The van der Waals surface area contributed by atoms with Gasteiger partial charge in [0.25, 0.3) is 5.91 Å². The van der Waals surface area contributed by atoms with Crippen LogP contribution in [0, 0.1) is 5.92 Å². The molecule has 1 amide bonds. The number of hydrogen-bond acceptors (Lipinski definition) is 3. The van der Waals surface area contributed by atoms with Gasteiger partial charge in [-0.25, -0.2) is 13.8 Å². The van der Waals surface area contributed by atoms with Crippen LogP contribution in [-0.2, 0) is 6.18 Å². The van der Waals surface area contributed by atoms with Crippen LogP contribution in [0.4, 0.5) is 22.0 Å². The molecule has 1 atom stereocenters. The number of hydrogen-bond donors (Lipinski definition) is 2. The minimum Gasteiger partial charge on any atom is -0.396 e. The highest BCUT2D eigenvalue weighted by Crippen LogP contribution is 2.45. The van der Waals surface area contributed by atoms with Crippen LogP contribution in [0.15, 0.2) is 12.1 Å². The Hall–Kier alpha value is -1.77. The van der Waals surface area contributed by atoms with Crippen molar-refractivity contribution in [3.05, 3.63) is 29.1 Å². The first-order valence-electron chi connectivity index (χ1n) is 8.48. The second-order valence-electron chi connectivity index (χ2n) is 7.05. The zero-order chi connectivity index (χ0) is 19.1. The predicted octanol–water partition coefficient (Wildman–Crippen LogP) is 3.50. The number of halogens is 5. The molecule has 1 aromatic rings. The molecule has 0 aliphatic heterocycles. The van der Waals surface area contributed by atoms with Crippen molar-refractivity contribution < 1.29 is 31.9 Å². The highest BCUT2D eigenvalue weighted by molar-refractivity contribution is 5.94. The molecule has 4 nitrogen and oxygen atoms in total. The van der Waals surface area contributed by atoms with Gasteiger partial charge in [-0.15, -0.1) is 0 Å². The first-order chi connectivity index (χ1) is 12.1. The molecule has 1 aromatic heterocycles. The van der Waals surface area contributed by atoms with E-state index >= 15 is 0 Å². The third-order valence-electron chi connectivity index (χ3n) is 4.84. The van der Waals surface area contributed by atoms with Crippen LogP contribution < -0.4 is 5.32 Å². The molecule has 2 N–H and O–H groups in total. The minimum atomic E-state index is -4.68. The van der Waals surface area contributed by atoms with Gasteiger partial charge in [0.2, 0.25) is 5.92 Å². The fourth-order valence-corrected chi connectivity index (χ4v) is 3.22. The molecule has 1 heterocycles. The number of aromatic nitrogens is 1. The van der Waals surface area contributed by atoms with Crippen LogP contribution in [-0.4, -0.2) is 34.6 Å². The summed E-state index contributed by atoms with van der Waals surface area (Å²) < 4.78 is 65.3. The van der Waals surface area contributed by atoms with Crippen molar-refractivity contribution in [2.24, 2.45) is 5.92 Å². The molecule has 0 bridgehead atoms. The molecule has 2 aliphatic rings. The van der Waals surface area contributed by atoms with Crippen LogP contribution in [0.25, 0.3) is 0 Å². The average molecular weight is 378 g/mol. The van der Waals surface area contributed by atoms with Crippen LogP contribution in [0.3, 0.4) is 0 Å². The van der Waals surface area contributed by atoms with Gasteiger partial charge in [-0.05, 0) is 37.3 Å². The Morgan fingerprint density at radius 1 is 1.31 bits per heavy atom. The molecule has 144 valence electrons. The molecule has 0 saturated heterocycles. The van der Waals surface area contributed by atoms with Crippen molar-refractivity contribution >= 4 is 5.91 Å². The van der Waals surface area contributed by atoms with E-state index in [1.807, 2.05) is 0 Å². The van der Waals surface area contributed by atoms with E-state index in [1.54, 1.807) is 0 Å². The standard InChI is InChI=1S/C17H19F5N2O2/c18-16(19)7-11(8-16)12(3-4-25)24-15(26)10-5-13(9-1-2-9)23-14(6-10)17(20,21)22/h5-6,9,11-12,25H,1-4,7-8H2,(H,24,26). The summed E-state index contributed by atoms with van der Waals surface area (Å²) in [7, 11) is 0. The van der Waals surface area contributed by atoms with Gasteiger partial charge in [0.15, 0.2) is 0 Å². The van der Waals surface area contributed by atoms with Crippen molar-refractivity contribution in [3.8, 4) is 0 Å². The summed E-state index contributed by atoms with van der Waals surface area (Å²) in [6.45, 7) is -0.315. The number of pyridine rings is 1. The maximum Gasteiger partial charge on any atom is 0.433 e. The SMILES string of the molecule is O=C(NC(CCO)C1CC(F)(F)C1)c1cc(C2CC2)nc(C(F)(F)F)c1. The largest absolute Gasteiger partial charge is 0.433 e. The molecule has 2 saturated carbocycles. The number of alkyl halides is 5. The van der Waals surface area contributed by atoms with Crippen molar-refractivity contribution in [2.45, 2.75) is 56.2 Å². The first-order valence-corrected chi connectivity index (χ1v) is 8.48. The molecule has 0 radical (unpaired) electrons. The van der Waals surface area contributed by atoms with E-state index in [0.717, 1.165) is 12.8 Å². The Bertz CT molecular complexity index is 680. The summed E-state index contributed by atoms with van der Waals surface area (Å²) in [4.78, 5) is 16.0. The van der Waals surface area contributed by atoms with Gasteiger partial charge in [-0.3, -0.25) is 4.79 Å². The number of nitrogens with zero attached hydrogens (tertiary/aromatic N) is 1. The molecular weight excluding hydrogens is 359 g/mol. The molecule has 9 heteroatoms. The fourth-order valence-electron chi connectivity index (χ4n) is 3.22. The third kappa shape index (κ3) is 4.31. The quantitative estimate of drug-likeness (QED) is 0.745. The van der Waals surface area contributed by atoms with Crippen LogP contribution in [0.5, 0.6) is 0 Å². The molecule has 3 rings (SSSR count). The summed E-state index contributed by atoms with van der Waals surface area (Å²) in [5.74, 6) is -4.15. The Kier molecular flexibility index (Phi) is 4.94. The van der Waals surface area contributed by atoms with Crippen LogP contribution in [0.1, 0.15) is 59.8 Å². The lowest BCUT2D eigenvalue weighted by atomic mass is 9.75. The Labute approximate surface area is 146 Å². The van der Waals surface area contributed by atoms with Crippen molar-refractivity contribution in [3.63, 3.8) is 0 Å². The van der Waals surface area contributed by atoms with E-state index in [4.69, 9.17) is 5.11 Å². The van der Waals surface area contributed by atoms with E-state index in [-0.39, 0.29) is 30.2 Å². The average Bonchev–Trinajstić information content (AvgIpc) is 3.35. The molecule has 26 heavy (non-hydrogen) atoms. The Morgan fingerprint density at radius 3 is 2.46 bits per heavy atom. The number of nitrogens with one attached hydrogen (secondary N) is 1. The smallest absolute Gasteiger partial charge is 0.396 e. The summed E-state index contributed by atoms with van der Waals surface area (Å²) >= 11 is 0. The maximum atomic E-state index is 13.1. The minimum absolute atomic E-state index is 0.0686. The van der Waals surface area contributed by atoms with Gasteiger partial charge in [0.05, 0.1) is 0 Å². The molecule has 2 fully saturated rings. The second-order valence-corrected chi connectivity index (χ2v) is 7.05. The molecule has 0 spiro atoms. The predicted molar refractivity (Wildman–Crippen MR) is 81.8 cm³/mol. The number of carbonyl (C=O) groups is 1. The fraction of sp³-hybridized carbons (Fsp3) is 0.647.